The van der Waals surface area contributed by atoms with Crippen LogP contribution in [0.3, 0.4) is 0 Å². The molecule has 0 aliphatic carbocycles. The maximum atomic E-state index is 15.7. The van der Waals surface area contributed by atoms with Crippen molar-refractivity contribution in [2.24, 2.45) is 0 Å². The van der Waals surface area contributed by atoms with Crippen LogP contribution in [0.4, 0.5) is 21.7 Å². The molecule has 2 aromatic heterocycles. The number of hydrogen-bond donors (Lipinski definition) is 2. The summed E-state index contributed by atoms with van der Waals surface area (Å²) in [7, 11) is 1.56. The number of morpholine rings is 1. The van der Waals surface area contributed by atoms with Crippen LogP contribution >= 0.6 is 0 Å². The van der Waals surface area contributed by atoms with E-state index in [1.807, 2.05) is 19.1 Å². The number of benzene rings is 2. The molecule has 4 aromatic rings. The summed E-state index contributed by atoms with van der Waals surface area (Å²) in [5.41, 5.74) is 8.22. The van der Waals surface area contributed by atoms with E-state index in [1.165, 1.54) is 0 Å². The number of halogens is 1. The van der Waals surface area contributed by atoms with Crippen molar-refractivity contribution in [2.45, 2.75) is 13.3 Å². The van der Waals surface area contributed by atoms with Gasteiger partial charge in [-0.25, -0.2) is 24.1 Å². The molecule has 11 heteroatoms. The van der Waals surface area contributed by atoms with Crippen LogP contribution in [0.2, 0.25) is 0 Å². The Bertz CT molecular complexity index is 1430. The number of ether oxygens (including phenoxy) is 2. The Balaban J connectivity index is 1.68. The second-order valence-electron chi connectivity index (χ2n) is 8.84. The van der Waals surface area contributed by atoms with Gasteiger partial charge >= 0.3 is 0 Å². The number of methoxy groups -OCH3 is 1. The fraction of sp³-hybridized carbons (Fsp3) is 0.296. The molecule has 3 heterocycles. The standard InChI is InChI=1S/C27H29FN6O3S/c1-3-13-38(35)33-21-6-4-5-19(24(21)28)18-14-20-25(22(15-18)36-2)31-26(17-7-8-23(29)30-16-17)32-27(20)34-9-11-37-12-10-34/h4-8,14-16,33H,3,9-13H2,1-2H3,(H2,29,30). The fourth-order valence-corrected chi connectivity index (χ4v) is 5.25. The molecule has 1 saturated heterocycles. The van der Waals surface area contributed by atoms with Crippen molar-refractivity contribution in [3.63, 3.8) is 0 Å². The minimum Gasteiger partial charge on any atom is -0.593 e. The molecule has 1 aliphatic heterocycles. The van der Waals surface area contributed by atoms with Crippen LogP contribution in [0.15, 0.2) is 48.7 Å². The van der Waals surface area contributed by atoms with Crippen molar-refractivity contribution < 1.29 is 18.4 Å². The number of fused-ring (bicyclic) bond motifs is 1. The average Bonchev–Trinajstić information content (AvgIpc) is 2.94. The number of nitrogens with zero attached hydrogens (tertiary/aromatic N) is 4. The number of pyridine rings is 1. The highest BCUT2D eigenvalue weighted by Gasteiger charge is 2.22. The zero-order valence-corrected chi connectivity index (χ0v) is 22.1. The first-order valence-corrected chi connectivity index (χ1v) is 13.7. The first-order chi connectivity index (χ1) is 18.5. The van der Waals surface area contributed by atoms with Gasteiger partial charge in [-0.05, 0) is 42.3 Å². The van der Waals surface area contributed by atoms with Crippen LogP contribution in [0.1, 0.15) is 13.3 Å². The maximum Gasteiger partial charge on any atom is 0.163 e. The zero-order chi connectivity index (χ0) is 26.6. The van der Waals surface area contributed by atoms with E-state index in [0.717, 1.165) is 11.8 Å². The van der Waals surface area contributed by atoms with E-state index in [4.69, 9.17) is 25.2 Å². The summed E-state index contributed by atoms with van der Waals surface area (Å²) in [6.07, 6.45) is 2.36. The molecule has 38 heavy (non-hydrogen) atoms. The first kappa shape index (κ1) is 26.0. The molecule has 2 aromatic carbocycles. The third-order valence-electron chi connectivity index (χ3n) is 6.24. The quantitative estimate of drug-likeness (QED) is 0.315. The van der Waals surface area contributed by atoms with Crippen LogP contribution < -0.4 is 20.1 Å². The molecular formula is C27H29FN6O3S. The summed E-state index contributed by atoms with van der Waals surface area (Å²) in [5.74, 6) is 2.00. The highest BCUT2D eigenvalue weighted by atomic mass is 32.2. The third-order valence-corrected chi connectivity index (χ3v) is 7.47. The lowest BCUT2D eigenvalue weighted by Crippen LogP contribution is -2.37. The zero-order valence-electron chi connectivity index (χ0n) is 21.2. The van der Waals surface area contributed by atoms with Crippen molar-refractivity contribution in [2.75, 3.05) is 54.5 Å². The van der Waals surface area contributed by atoms with Gasteiger partial charge in [0.2, 0.25) is 0 Å². The van der Waals surface area contributed by atoms with E-state index in [-0.39, 0.29) is 5.69 Å². The molecule has 198 valence electrons. The number of aromatic nitrogens is 3. The molecule has 0 bridgehead atoms. The summed E-state index contributed by atoms with van der Waals surface area (Å²) < 4.78 is 42.0. The predicted molar refractivity (Wildman–Crippen MR) is 149 cm³/mol. The summed E-state index contributed by atoms with van der Waals surface area (Å²) in [6.45, 7) is 4.36. The van der Waals surface area contributed by atoms with Crippen molar-refractivity contribution in [3.8, 4) is 28.3 Å². The lowest BCUT2D eigenvalue weighted by atomic mass is 10.0. The average molecular weight is 537 g/mol. The number of anilines is 3. The minimum atomic E-state index is -1.37. The van der Waals surface area contributed by atoms with Crippen molar-refractivity contribution in [1.82, 2.24) is 15.0 Å². The highest BCUT2D eigenvalue weighted by molar-refractivity contribution is 7.92. The summed E-state index contributed by atoms with van der Waals surface area (Å²) in [5, 5.41) is 0.723. The number of nitrogens with two attached hydrogens (primary N) is 1. The SMILES string of the molecule is CCC[S+]([O-])Nc1cccc(-c2cc(OC)c3nc(-c4ccc(N)nc4)nc(N4CCOCC4)c3c2)c1F. The van der Waals surface area contributed by atoms with E-state index in [1.54, 1.807) is 43.6 Å². The second-order valence-corrected chi connectivity index (χ2v) is 10.1. The van der Waals surface area contributed by atoms with E-state index in [9.17, 15) is 4.55 Å². The normalized spacial score (nSPS) is 14.5. The predicted octanol–water partition coefficient (Wildman–Crippen LogP) is 4.41. The van der Waals surface area contributed by atoms with Crippen LogP contribution in [-0.2, 0) is 16.1 Å². The van der Waals surface area contributed by atoms with Crippen LogP contribution in [0.5, 0.6) is 5.75 Å². The van der Waals surface area contributed by atoms with Crippen LogP contribution in [0, 0.1) is 5.82 Å². The van der Waals surface area contributed by atoms with E-state index < -0.39 is 17.2 Å². The van der Waals surface area contributed by atoms with Gasteiger partial charge in [0.15, 0.2) is 11.6 Å². The molecule has 3 N–H and O–H groups in total. The van der Waals surface area contributed by atoms with Gasteiger partial charge in [0, 0.05) is 35.8 Å². The van der Waals surface area contributed by atoms with Gasteiger partial charge in [-0.3, -0.25) is 0 Å². The molecule has 1 atom stereocenters. The van der Waals surface area contributed by atoms with Crippen LogP contribution in [-0.4, -0.2) is 58.7 Å². The fourth-order valence-electron chi connectivity index (χ4n) is 4.37. The highest BCUT2D eigenvalue weighted by Crippen LogP contribution is 2.39. The van der Waals surface area contributed by atoms with Gasteiger partial charge in [-0.1, -0.05) is 19.1 Å². The number of hydrogen-bond acceptors (Lipinski definition) is 9. The molecule has 0 radical (unpaired) electrons. The first-order valence-electron chi connectivity index (χ1n) is 12.4. The monoisotopic (exact) mass is 536 g/mol. The van der Waals surface area contributed by atoms with Crippen molar-refractivity contribution in [3.05, 3.63) is 54.5 Å². The Morgan fingerprint density at radius 3 is 2.68 bits per heavy atom. The minimum absolute atomic E-state index is 0.184. The lowest BCUT2D eigenvalue weighted by Gasteiger charge is -2.29. The Labute approximate surface area is 223 Å². The molecule has 0 spiro atoms. The Hall–Kier alpha value is -3.67. The number of rotatable bonds is 8. The molecular weight excluding hydrogens is 507 g/mol. The molecule has 1 aliphatic rings. The molecule has 1 unspecified atom stereocenters. The van der Waals surface area contributed by atoms with Gasteiger partial charge in [0.25, 0.3) is 0 Å². The van der Waals surface area contributed by atoms with Gasteiger partial charge in [-0.2, -0.15) is 0 Å². The summed E-state index contributed by atoms with van der Waals surface area (Å²) in [6, 6.07) is 12.2. The Morgan fingerprint density at radius 2 is 1.97 bits per heavy atom. The van der Waals surface area contributed by atoms with Gasteiger partial charge in [-0.15, -0.1) is 0 Å². The summed E-state index contributed by atoms with van der Waals surface area (Å²) in [4.78, 5) is 16.0. The van der Waals surface area contributed by atoms with Gasteiger partial charge < -0.3 is 24.7 Å². The van der Waals surface area contributed by atoms with Crippen molar-refractivity contribution in [1.29, 1.82) is 0 Å². The lowest BCUT2D eigenvalue weighted by molar-refractivity contribution is 0.122. The topological polar surface area (TPSA) is 121 Å². The maximum absolute atomic E-state index is 15.7. The Morgan fingerprint density at radius 1 is 1.16 bits per heavy atom. The smallest absolute Gasteiger partial charge is 0.163 e. The van der Waals surface area contributed by atoms with Gasteiger partial charge in [0.05, 0.1) is 31.7 Å². The molecule has 5 rings (SSSR count). The summed E-state index contributed by atoms with van der Waals surface area (Å²) >= 11 is -1.37. The third kappa shape index (κ3) is 5.31. The number of nitrogen functional groups attached to an aromatic ring is 1. The largest absolute Gasteiger partial charge is 0.593 e. The van der Waals surface area contributed by atoms with Crippen LogP contribution in [0.25, 0.3) is 33.4 Å². The Kier molecular flexibility index (Phi) is 7.77. The van der Waals surface area contributed by atoms with E-state index in [2.05, 4.69) is 14.6 Å². The molecule has 1 fully saturated rings. The second kappa shape index (κ2) is 11.4. The molecule has 0 amide bonds. The number of nitrogens with one attached hydrogen (secondary N) is 1. The van der Waals surface area contributed by atoms with E-state index in [0.29, 0.717) is 77.5 Å². The van der Waals surface area contributed by atoms with Gasteiger partial charge in [0.1, 0.15) is 34.3 Å². The molecule has 9 nitrogen and oxygen atoms in total. The molecule has 0 saturated carbocycles. The van der Waals surface area contributed by atoms with E-state index >= 15 is 4.39 Å². The van der Waals surface area contributed by atoms with Crippen molar-refractivity contribution >= 4 is 39.6 Å².